The maximum atomic E-state index is 9.27. The Labute approximate surface area is 166 Å². The molecule has 3 aromatic heterocycles. The van der Waals surface area contributed by atoms with Crippen molar-refractivity contribution in [2.45, 2.75) is 0 Å². The lowest BCUT2D eigenvalue weighted by Crippen LogP contribution is -2.36. The summed E-state index contributed by atoms with van der Waals surface area (Å²) in [6.45, 7) is 3.34. The Balaban J connectivity index is 1.44. The molecule has 2 N–H and O–H groups in total. The molecule has 0 atom stereocenters. The Bertz CT molecular complexity index is 1180. The Kier molecular flexibility index (Phi) is 4.31. The molecule has 0 radical (unpaired) electrons. The number of nitriles is 1. The van der Waals surface area contributed by atoms with E-state index in [1.807, 2.05) is 22.7 Å². The van der Waals surface area contributed by atoms with E-state index in [2.05, 4.69) is 48.6 Å². The molecule has 0 bridgehead atoms. The number of aromatic amines is 1. The number of H-pyrrole nitrogens is 1. The number of fused-ring (bicyclic) bond motifs is 1. The monoisotopic (exact) mass is 386 g/mol. The van der Waals surface area contributed by atoms with Crippen LogP contribution in [0.2, 0.25) is 0 Å². The van der Waals surface area contributed by atoms with Gasteiger partial charge >= 0.3 is 0 Å². The van der Waals surface area contributed by atoms with Crippen LogP contribution in [0.4, 0.5) is 17.2 Å². The first-order valence-electron chi connectivity index (χ1n) is 9.29. The van der Waals surface area contributed by atoms with Crippen molar-refractivity contribution in [3.8, 4) is 17.3 Å². The second-order valence-corrected chi connectivity index (χ2v) is 6.65. The quantitative estimate of drug-likeness (QED) is 0.555. The largest absolute Gasteiger partial charge is 0.378 e. The predicted molar refractivity (Wildman–Crippen MR) is 108 cm³/mol. The van der Waals surface area contributed by atoms with Crippen LogP contribution in [0.25, 0.3) is 16.9 Å². The van der Waals surface area contributed by atoms with Gasteiger partial charge in [-0.05, 0) is 24.3 Å². The number of nitrogens with one attached hydrogen (secondary N) is 2. The number of hydrogen-bond donors (Lipinski definition) is 2. The van der Waals surface area contributed by atoms with Crippen molar-refractivity contribution < 1.29 is 4.74 Å². The molecule has 1 fully saturated rings. The summed E-state index contributed by atoms with van der Waals surface area (Å²) in [6.07, 6.45) is 6.88. The fourth-order valence-corrected chi connectivity index (χ4v) is 3.49. The van der Waals surface area contributed by atoms with E-state index in [1.165, 1.54) is 5.69 Å². The second-order valence-electron chi connectivity index (χ2n) is 6.65. The van der Waals surface area contributed by atoms with E-state index in [4.69, 9.17) is 4.74 Å². The van der Waals surface area contributed by atoms with Crippen molar-refractivity contribution in [2.75, 3.05) is 36.5 Å². The maximum Gasteiger partial charge on any atom is 0.180 e. The second kappa shape index (κ2) is 7.26. The lowest BCUT2D eigenvalue weighted by molar-refractivity contribution is 0.122. The highest BCUT2D eigenvalue weighted by molar-refractivity contribution is 5.75. The van der Waals surface area contributed by atoms with E-state index < -0.39 is 0 Å². The highest BCUT2D eigenvalue weighted by Crippen LogP contribution is 2.27. The normalized spacial score (nSPS) is 14.1. The standard InChI is InChI=1S/C20H18N8O/c21-11-17-16(12-24-26-17)18-13-23-19(20-22-5-6-28(18)20)25-14-1-3-15(4-2-14)27-7-9-29-10-8-27/h1-6,12-13H,7-10H2,(H,23,25)(H,24,26). The van der Waals surface area contributed by atoms with Crippen molar-refractivity contribution in [1.82, 2.24) is 24.6 Å². The van der Waals surface area contributed by atoms with Crippen molar-refractivity contribution in [3.05, 3.63) is 54.7 Å². The molecule has 0 unspecified atom stereocenters. The smallest absolute Gasteiger partial charge is 0.180 e. The Morgan fingerprint density at radius 2 is 1.93 bits per heavy atom. The summed E-state index contributed by atoms with van der Waals surface area (Å²) in [5, 5.41) is 19.3. The van der Waals surface area contributed by atoms with E-state index in [9.17, 15) is 5.26 Å². The molecule has 4 heterocycles. The van der Waals surface area contributed by atoms with Crippen LogP contribution in [0, 0.1) is 11.3 Å². The number of ether oxygens (including phenoxy) is 1. The lowest BCUT2D eigenvalue weighted by atomic mass is 10.2. The molecule has 1 aliphatic rings. The third-order valence-corrected chi connectivity index (χ3v) is 4.96. The lowest BCUT2D eigenvalue weighted by Gasteiger charge is -2.28. The van der Waals surface area contributed by atoms with Crippen molar-refractivity contribution in [1.29, 1.82) is 5.26 Å². The zero-order valence-corrected chi connectivity index (χ0v) is 15.5. The van der Waals surface area contributed by atoms with Crippen LogP contribution < -0.4 is 10.2 Å². The van der Waals surface area contributed by atoms with Gasteiger partial charge in [0.2, 0.25) is 0 Å². The van der Waals surface area contributed by atoms with Gasteiger partial charge in [0, 0.05) is 36.9 Å². The number of morpholine rings is 1. The molecule has 0 aliphatic carbocycles. The van der Waals surface area contributed by atoms with Gasteiger partial charge in [-0.2, -0.15) is 10.4 Å². The topological polar surface area (TPSA) is 107 Å². The van der Waals surface area contributed by atoms with Gasteiger partial charge < -0.3 is 15.0 Å². The number of anilines is 3. The molecule has 1 aromatic carbocycles. The first-order valence-corrected chi connectivity index (χ1v) is 9.29. The van der Waals surface area contributed by atoms with Crippen LogP contribution in [0.1, 0.15) is 5.69 Å². The fraction of sp³-hybridized carbons (Fsp3) is 0.200. The SMILES string of the molecule is N#Cc1[nH]ncc1-c1cnc(Nc2ccc(N3CCOCC3)cc2)c2nccn12. The van der Waals surface area contributed by atoms with Gasteiger partial charge in [0.15, 0.2) is 11.5 Å². The molecule has 9 heteroatoms. The molecule has 144 valence electrons. The third-order valence-electron chi connectivity index (χ3n) is 4.96. The van der Waals surface area contributed by atoms with Gasteiger partial charge in [-0.25, -0.2) is 9.97 Å². The summed E-state index contributed by atoms with van der Waals surface area (Å²) in [4.78, 5) is 11.3. The highest BCUT2D eigenvalue weighted by Gasteiger charge is 2.15. The summed E-state index contributed by atoms with van der Waals surface area (Å²) in [5.74, 6) is 0.639. The minimum Gasteiger partial charge on any atom is -0.378 e. The fourth-order valence-electron chi connectivity index (χ4n) is 3.49. The average Bonchev–Trinajstić information content (AvgIpc) is 3.45. The summed E-state index contributed by atoms with van der Waals surface area (Å²) in [5.41, 5.74) is 4.59. The van der Waals surface area contributed by atoms with E-state index in [1.54, 1.807) is 18.6 Å². The number of aromatic nitrogens is 5. The van der Waals surface area contributed by atoms with Gasteiger partial charge in [-0.1, -0.05) is 0 Å². The zero-order chi connectivity index (χ0) is 19.6. The minimum atomic E-state index is 0.390. The number of nitrogens with zero attached hydrogens (tertiary/aromatic N) is 6. The highest BCUT2D eigenvalue weighted by atomic mass is 16.5. The van der Waals surface area contributed by atoms with Crippen LogP contribution >= 0.6 is 0 Å². The molecule has 5 rings (SSSR count). The van der Waals surface area contributed by atoms with E-state index >= 15 is 0 Å². The van der Waals surface area contributed by atoms with Crippen molar-refractivity contribution in [2.24, 2.45) is 0 Å². The summed E-state index contributed by atoms with van der Waals surface area (Å²) in [6, 6.07) is 10.4. The van der Waals surface area contributed by atoms with Gasteiger partial charge in [-0.3, -0.25) is 9.50 Å². The Hall–Kier alpha value is -3.90. The van der Waals surface area contributed by atoms with Gasteiger partial charge in [0.25, 0.3) is 0 Å². The summed E-state index contributed by atoms with van der Waals surface area (Å²) >= 11 is 0. The minimum absolute atomic E-state index is 0.390. The van der Waals surface area contributed by atoms with Crippen LogP contribution in [0.3, 0.4) is 0 Å². The molecule has 0 amide bonds. The molecule has 29 heavy (non-hydrogen) atoms. The predicted octanol–water partition coefficient (Wildman–Crippen LogP) is 2.57. The van der Waals surface area contributed by atoms with Gasteiger partial charge in [0.1, 0.15) is 11.8 Å². The van der Waals surface area contributed by atoms with Crippen LogP contribution in [-0.4, -0.2) is 50.9 Å². The Morgan fingerprint density at radius 1 is 1.10 bits per heavy atom. The first kappa shape index (κ1) is 17.2. The average molecular weight is 386 g/mol. The molecule has 1 saturated heterocycles. The molecule has 0 saturated carbocycles. The van der Waals surface area contributed by atoms with Crippen LogP contribution in [-0.2, 0) is 4.74 Å². The van der Waals surface area contributed by atoms with E-state index in [0.717, 1.165) is 37.7 Å². The summed E-state index contributed by atoms with van der Waals surface area (Å²) < 4.78 is 7.30. The molecule has 4 aromatic rings. The van der Waals surface area contributed by atoms with E-state index in [0.29, 0.717) is 22.7 Å². The number of hydrogen-bond acceptors (Lipinski definition) is 7. The van der Waals surface area contributed by atoms with E-state index in [-0.39, 0.29) is 0 Å². The zero-order valence-electron chi connectivity index (χ0n) is 15.5. The molecule has 0 spiro atoms. The van der Waals surface area contributed by atoms with Gasteiger partial charge in [-0.15, -0.1) is 0 Å². The first-order chi connectivity index (χ1) is 14.3. The molecule has 9 nitrogen and oxygen atoms in total. The third kappa shape index (κ3) is 3.15. The van der Waals surface area contributed by atoms with Crippen LogP contribution in [0.5, 0.6) is 0 Å². The molecular weight excluding hydrogens is 368 g/mol. The van der Waals surface area contributed by atoms with Gasteiger partial charge in [0.05, 0.1) is 36.9 Å². The Morgan fingerprint density at radius 3 is 2.72 bits per heavy atom. The number of benzene rings is 1. The maximum absolute atomic E-state index is 9.27. The number of imidazole rings is 1. The molecular formula is C20H18N8O. The summed E-state index contributed by atoms with van der Waals surface area (Å²) in [7, 11) is 0. The number of rotatable bonds is 4. The van der Waals surface area contributed by atoms with Crippen molar-refractivity contribution in [3.63, 3.8) is 0 Å². The molecule has 1 aliphatic heterocycles. The van der Waals surface area contributed by atoms with Crippen LogP contribution in [0.15, 0.2) is 49.1 Å². The van der Waals surface area contributed by atoms with Crippen molar-refractivity contribution >= 4 is 22.8 Å².